The van der Waals surface area contributed by atoms with Crippen molar-refractivity contribution in [3.8, 4) is 0 Å². The Kier molecular flexibility index (Phi) is 9.10. The number of carboxylic acid groups (broad SMARTS) is 1. The third-order valence-corrected chi connectivity index (χ3v) is 16.5. The van der Waals surface area contributed by atoms with Crippen molar-refractivity contribution in [1.82, 2.24) is 4.90 Å². The molecule has 0 amide bonds. The molecule has 262 valence electrons. The summed E-state index contributed by atoms with van der Waals surface area (Å²) < 4.78 is 6.28. The van der Waals surface area contributed by atoms with Gasteiger partial charge in [-0.1, -0.05) is 54.9 Å². The van der Waals surface area contributed by atoms with Crippen molar-refractivity contribution in [2.45, 2.75) is 164 Å². The zero-order valence-corrected chi connectivity index (χ0v) is 31.0. The second-order valence-electron chi connectivity index (χ2n) is 20.1. The van der Waals surface area contributed by atoms with Gasteiger partial charge in [0.25, 0.3) is 0 Å². The largest absolute Gasteiger partial charge is 0.481 e. The Morgan fingerprint density at radius 2 is 1.54 bits per heavy atom. The molecule has 0 heterocycles. The van der Waals surface area contributed by atoms with Crippen LogP contribution >= 0.6 is 0 Å². The Labute approximate surface area is 281 Å². The lowest BCUT2D eigenvalue weighted by Crippen LogP contribution is -2.66. The summed E-state index contributed by atoms with van der Waals surface area (Å²) in [5.41, 5.74) is 0.998. The van der Waals surface area contributed by atoms with Crippen LogP contribution in [0.25, 0.3) is 0 Å². The molecular weight excluding hydrogens is 570 g/mol. The Balaban J connectivity index is 1.15. The van der Waals surface area contributed by atoms with Gasteiger partial charge in [0.05, 0.1) is 12.8 Å². The number of carbonyl (C=O) groups excluding carboxylic acids is 1. The first kappa shape index (κ1) is 34.8. The van der Waals surface area contributed by atoms with Gasteiger partial charge in [-0.15, -0.1) is 0 Å². The van der Waals surface area contributed by atoms with Gasteiger partial charge in [0.2, 0.25) is 0 Å². The smallest absolute Gasteiger partial charge is 0.306 e. The molecule has 0 spiro atoms. The second-order valence-corrected chi connectivity index (χ2v) is 20.1. The summed E-state index contributed by atoms with van der Waals surface area (Å²) >= 11 is 0. The third kappa shape index (κ3) is 5.91. The monoisotopic (exact) mass is 640 g/mol. The highest BCUT2D eigenvalue weighted by Gasteiger charge is 2.70. The lowest BCUT2D eigenvalue weighted by atomic mass is 9.32. The maximum absolute atomic E-state index is 13.2. The van der Waals surface area contributed by atoms with Gasteiger partial charge in [-0.25, -0.2) is 0 Å². The standard InChI is InChI=1S/C41H69NO4/c1-36(2,25-34(43)44)26-35(45)46-33-17-20-38(5)31(37(33,3)4)16-21-40(7)32(38)15-14-29-30-11-9-18-41(30,23-22-39(29,40)6)19-10-24-42(8)27-28-12-13-28/h28-33H,9-27H2,1-8H3,(H,43,44)/t29-,30-,31?,32?,33+,38+,39-,40-,41+/m1/s1. The van der Waals surface area contributed by atoms with Gasteiger partial charge in [-0.2, -0.15) is 0 Å². The van der Waals surface area contributed by atoms with E-state index in [9.17, 15) is 14.7 Å². The molecule has 6 aliphatic carbocycles. The van der Waals surface area contributed by atoms with Crippen LogP contribution in [-0.4, -0.2) is 48.2 Å². The number of aliphatic carboxylic acids is 1. The average molecular weight is 640 g/mol. The maximum Gasteiger partial charge on any atom is 0.306 e. The lowest BCUT2D eigenvalue weighted by Gasteiger charge is -2.72. The Bertz CT molecular complexity index is 1160. The summed E-state index contributed by atoms with van der Waals surface area (Å²) in [5, 5.41) is 9.31. The number of ether oxygens (including phenoxy) is 1. The van der Waals surface area contributed by atoms with E-state index >= 15 is 0 Å². The van der Waals surface area contributed by atoms with Gasteiger partial charge in [-0.05, 0) is 160 Å². The molecule has 0 aromatic carbocycles. The van der Waals surface area contributed by atoms with E-state index in [-0.39, 0.29) is 35.7 Å². The summed E-state index contributed by atoms with van der Waals surface area (Å²) in [4.78, 5) is 27.1. The molecule has 9 atom stereocenters. The summed E-state index contributed by atoms with van der Waals surface area (Å²) in [7, 11) is 2.36. The highest BCUT2D eigenvalue weighted by Crippen LogP contribution is 2.77. The molecule has 6 rings (SSSR count). The number of rotatable bonds is 11. The maximum atomic E-state index is 13.2. The molecule has 6 fully saturated rings. The molecule has 2 unspecified atom stereocenters. The number of esters is 1. The van der Waals surface area contributed by atoms with Crippen molar-refractivity contribution in [3.63, 3.8) is 0 Å². The lowest BCUT2D eigenvalue weighted by molar-refractivity contribution is -0.249. The van der Waals surface area contributed by atoms with E-state index in [1.165, 1.54) is 96.6 Å². The molecule has 6 aliphatic rings. The van der Waals surface area contributed by atoms with E-state index in [1.807, 2.05) is 13.8 Å². The molecule has 0 aromatic heterocycles. The molecule has 46 heavy (non-hydrogen) atoms. The van der Waals surface area contributed by atoms with Crippen molar-refractivity contribution < 1.29 is 19.4 Å². The number of carbonyl (C=O) groups is 2. The van der Waals surface area contributed by atoms with Gasteiger partial charge < -0.3 is 14.7 Å². The number of carboxylic acids is 1. The summed E-state index contributed by atoms with van der Waals surface area (Å²) in [6.07, 6.45) is 20.5. The summed E-state index contributed by atoms with van der Waals surface area (Å²) in [6, 6.07) is 0. The second kappa shape index (κ2) is 12.0. The molecule has 0 radical (unpaired) electrons. The predicted molar refractivity (Wildman–Crippen MR) is 185 cm³/mol. The van der Waals surface area contributed by atoms with Gasteiger partial charge in [0.15, 0.2) is 0 Å². The Morgan fingerprint density at radius 1 is 0.804 bits per heavy atom. The topological polar surface area (TPSA) is 66.8 Å². The molecule has 0 aromatic rings. The van der Waals surface area contributed by atoms with Crippen LogP contribution in [0.5, 0.6) is 0 Å². The minimum Gasteiger partial charge on any atom is -0.481 e. The fourth-order valence-corrected chi connectivity index (χ4v) is 13.9. The van der Waals surface area contributed by atoms with Crippen LogP contribution in [-0.2, 0) is 14.3 Å². The van der Waals surface area contributed by atoms with E-state index in [1.54, 1.807) is 0 Å². The molecule has 6 saturated carbocycles. The van der Waals surface area contributed by atoms with Crippen LogP contribution in [0.2, 0.25) is 0 Å². The highest BCUT2D eigenvalue weighted by atomic mass is 16.5. The van der Waals surface area contributed by atoms with Crippen molar-refractivity contribution in [2.75, 3.05) is 20.1 Å². The number of nitrogens with zero attached hydrogens (tertiary/aromatic N) is 1. The van der Waals surface area contributed by atoms with Gasteiger partial charge >= 0.3 is 11.9 Å². The highest BCUT2D eigenvalue weighted by molar-refractivity contribution is 5.73. The summed E-state index contributed by atoms with van der Waals surface area (Å²) in [6.45, 7) is 19.2. The van der Waals surface area contributed by atoms with Crippen LogP contribution in [0.3, 0.4) is 0 Å². The van der Waals surface area contributed by atoms with Crippen LogP contribution in [0.4, 0.5) is 0 Å². The average Bonchev–Trinajstić information content (AvgIpc) is 3.65. The molecule has 0 saturated heterocycles. The first-order valence-electron chi connectivity index (χ1n) is 19.6. The van der Waals surface area contributed by atoms with Gasteiger partial charge in [0.1, 0.15) is 6.10 Å². The zero-order valence-electron chi connectivity index (χ0n) is 31.0. The minimum absolute atomic E-state index is 0.0173. The van der Waals surface area contributed by atoms with Crippen molar-refractivity contribution in [2.24, 2.45) is 62.1 Å². The molecular formula is C41H69NO4. The summed E-state index contributed by atoms with van der Waals surface area (Å²) in [5.74, 6) is 2.99. The molecule has 5 heteroatoms. The normalized spacial score (nSPS) is 43.3. The first-order chi connectivity index (χ1) is 21.5. The van der Waals surface area contributed by atoms with Crippen LogP contribution in [0, 0.1) is 62.1 Å². The fraction of sp³-hybridized carbons (Fsp3) is 0.951. The molecule has 0 bridgehead atoms. The van der Waals surface area contributed by atoms with Gasteiger partial charge in [-0.3, -0.25) is 9.59 Å². The molecule has 0 aliphatic heterocycles. The van der Waals surface area contributed by atoms with E-state index in [4.69, 9.17) is 4.74 Å². The van der Waals surface area contributed by atoms with Crippen molar-refractivity contribution in [3.05, 3.63) is 0 Å². The predicted octanol–water partition coefficient (Wildman–Crippen LogP) is 9.77. The van der Waals surface area contributed by atoms with E-state index in [0.29, 0.717) is 22.2 Å². The number of hydrogen-bond donors (Lipinski definition) is 1. The van der Waals surface area contributed by atoms with Crippen LogP contribution in [0.1, 0.15) is 158 Å². The minimum atomic E-state index is -0.858. The Hall–Kier alpha value is -1.10. The van der Waals surface area contributed by atoms with Crippen molar-refractivity contribution >= 4 is 11.9 Å². The quantitative estimate of drug-likeness (QED) is 0.228. The van der Waals surface area contributed by atoms with Crippen LogP contribution in [0.15, 0.2) is 0 Å². The van der Waals surface area contributed by atoms with E-state index < -0.39 is 11.4 Å². The van der Waals surface area contributed by atoms with E-state index in [2.05, 4.69) is 46.6 Å². The van der Waals surface area contributed by atoms with Gasteiger partial charge in [0, 0.05) is 12.0 Å². The number of fused-ring (bicyclic) bond motifs is 7. The molecule has 5 nitrogen and oxygen atoms in total. The molecule has 1 N–H and O–H groups in total. The number of hydrogen-bond acceptors (Lipinski definition) is 4. The SMILES string of the molecule is CN(CCC[C@]12CCC[C@@H]1[C@H]1CCC3[C@@]4(C)CC[C@H](OC(=O)CC(C)(C)CC(=O)O)C(C)(C)C4CC[C@@]3(C)[C@]1(C)CC2)CC1CC1. The zero-order chi connectivity index (χ0) is 33.3. The third-order valence-electron chi connectivity index (χ3n) is 16.5. The van der Waals surface area contributed by atoms with E-state index in [0.717, 1.165) is 36.5 Å². The van der Waals surface area contributed by atoms with Crippen molar-refractivity contribution in [1.29, 1.82) is 0 Å². The van der Waals surface area contributed by atoms with Crippen LogP contribution < -0.4 is 0 Å². The fourth-order valence-electron chi connectivity index (χ4n) is 13.9. The Morgan fingerprint density at radius 3 is 2.24 bits per heavy atom. The first-order valence-corrected chi connectivity index (χ1v) is 19.6.